The van der Waals surface area contributed by atoms with Crippen LogP contribution in [-0.4, -0.2) is 0 Å². The molecule has 2 aliphatic rings. The van der Waals surface area contributed by atoms with Gasteiger partial charge in [0.1, 0.15) is 5.82 Å². The number of benzene rings is 2. The van der Waals surface area contributed by atoms with E-state index in [0.29, 0.717) is 21.9 Å². The number of rotatable bonds is 1. The van der Waals surface area contributed by atoms with Crippen molar-refractivity contribution in [2.45, 2.75) is 18.4 Å². The normalized spacial score (nSPS) is 25.5. The standard InChI is InChI=1S/C18H14Cl2FN/c19-11-8-15-13-2-1-3-14(13)17(22-18(15)16(20)9-11)10-4-6-12(21)7-5-10/h1-2,4-9,13-14,17,22H,3H2/t13-,14-,17+/m1/s1. The van der Waals surface area contributed by atoms with E-state index in [9.17, 15) is 4.39 Å². The first kappa shape index (κ1) is 14.1. The number of nitrogens with one attached hydrogen (secondary N) is 1. The summed E-state index contributed by atoms with van der Waals surface area (Å²) < 4.78 is 13.2. The maximum absolute atomic E-state index is 13.2. The second kappa shape index (κ2) is 5.29. The molecule has 0 spiro atoms. The number of allylic oxidation sites excluding steroid dienone is 2. The summed E-state index contributed by atoms with van der Waals surface area (Å²) in [5.74, 6) is 0.473. The van der Waals surface area contributed by atoms with Gasteiger partial charge in [0.2, 0.25) is 0 Å². The molecule has 1 N–H and O–H groups in total. The van der Waals surface area contributed by atoms with Crippen molar-refractivity contribution in [1.82, 2.24) is 0 Å². The van der Waals surface area contributed by atoms with E-state index in [1.165, 1.54) is 12.1 Å². The van der Waals surface area contributed by atoms with Gasteiger partial charge in [-0.2, -0.15) is 0 Å². The van der Waals surface area contributed by atoms with E-state index in [4.69, 9.17) is 23.2 Å². The Morgan fingerprint density at radius 3 is 2.64 bits per heavy atom. The topological polar surface area (TPSA) is 12.0 Å². The van der Waals surface area contributed by atoms with Gasteiger partial charge in [-0.05, 0) is 47.7 Å². The lowest BCUT2D eigenvalue weighted by atomic mass is 9.77. The number of hydrogen-bond acceptors (Lipinski definition) is 1. The van der Waals surface area contributed by atoms with Gasteiger partial charge in [0.15, 0.2) is 0 Å². The average molecular weight is 334 g/mol. The number of halogens is 3. The van der Waals surface area contributed by atoms with Crippen LogP contribution < -0.4 is 5.32 Å². The highest BCUT2D eigenvalue weighted by Gasteiger charge is 2.38. The largest absolute Gasteiger partial charge is 0.376 e. The first-order valence-corrected chi connectivity index (χ1v) is 8.06. The molecule has 1 aliphatic heterocycles. The summed E-state index contributed by atoms with van der Waals surface area (Å²) in [6.07, 6.45) is 5.42. The summed E-state index contributed by atoms with van der Waals surface area (Å²) in [4.78, 5) is 0. The summed E-state index contributed by atoms with van der Waals surface area (Å²) in [7, 11) is 0. The monoisotopic (exact) mass is 333 g/mol. The van der Waals surface area contributed by atoms with Gasteiger partial charge in [-0.15, -0.1) is 0 Å². The van der Waals surface area contributed by atoms with Crippen LogP contribution in [0, 0.1) is 11.7 Å². The highest BCUT2D eigenvalue weighted by atomic mass is 35.5. The van der Waals surface area contributed by atoms with Gasteiger partial charge >= 0.3 is 0 Å². The SMILES string of the molecule is Fc1ccc([C@@H]2Nc3c(Cl)cc(Cl)cc3[C@@H]3C=CC[C@H]32)cc1. The molecule has 3 atom stereocenters. The van der Waals surface area contributed by atoms with Crippen LogP contribution >= 0.6 is 23.2 Å². The van der Waals surface area contributed by atoms with Gasteiger partial charge < -0.3 is 5.32 Å². The molecule has 0 amide bonds. The smallest absolute Gasteiger partial charge is 0.123 e. The molecule has 0 radical (unpaired) electrons. The number of hydrogen-bond donors (Lipinski definition) is 1. The van der Waals surface area contributed by atoms with Crippen LogP contribution in [0.3, 0.4) is 0 Å². The summed E-state index contributed by atoms with van der Waals surface area (Å²) in [5, 5.41) is 4.84. The molecular formula is C18H14Cl2FN. The van der Waals surface area contributed by atoms with E-state index >= 15 is 0 Å². The molecule has 112 valence electrons. The number of fused-ring (bicyclic) bond motifs is 3. The average Bonchev–Trinajstić information content (AvgIpc) is 2.97. The molecule has 2 aromatic carbocycles. The second-order valence-electron chi connectivity index (χ2n) is 5.88. The summed E-state index contributed by atoms with van der Waals surface area (Å²) in [5.41, 5.74) is 3.17. The predicted octanol–water partition coefficient (Wildman–Crippen LogP) is 5.96. The zero-order valence-electron chi connectivity index (χ0n) is 11.7. The third kappa shape index (κ3) is 2.22. The van der Waals surface area contributed by atoms with E-state index in [0.717, 1.165) is 23.2 Å². The Kier molecular flexibility index (Phi) is 3.39. The molecule has 0 saturated carbocycles. The molecule has 1 nitrogen and oxygen atoms in total. The van der Waals surface area contributed by atoms with Crippen LogP contribution in [-0.2, 0) is 0 Å². The minimum Gasteiger partial charge on any atom is -0.376 e. The number of anilines is 1. The third-order valence-electron chi connectivity index (χ3n) is 4.61. The summed E-state index contributed by atoms with van der Waals surface area (Å²) >= 11 is 12.5. The quantitative estimate of drug-likeness (QED) is 0.635. The van der Waals surface area contributed by atoms with Crippen LogP contribution in [0.1, 0.15) is 29.5 Å². The van der Waals surface area contributed by atoms with Crippen molar-refractivity contribution < 1.29 is 4.39 Å². The van der Waals surface area contributed by atoms with Crippen molar-refractivity contribution in [3.05, 3.63) is 75.5 Å². The van der Waals surface area contributed by atoms with Crippen molar-refractivity contribution in [2.75, 3.05) is 5.32 Å². The first-order valence-electron chi connectivity index (χ1n) is 7.31. The van der Waals surface area contributed by atoms with Gasteiger partial charge in [-0.1, -0.05) is 47.5 Å². The maximum atomic E-state index is 13.2. The van der Waals surface area contributed by atoms with Crippen LogP contribution in [0.25, 0.3) is 0 Å². The highest BCUT2D eigenvalue weighted by Crippen LogP contribution is 2.52. The Labute approximate surface area is 138 Å². The van der Waals surface area contributed by atoms with Gasteiger partial charge in [0.05, 0.1) is 16.8 Å². The van der Waals surface area contributed by atoms with Gasteiger partial charge in [0.25, 0.3) is 0 Å². The molecule has 0 aromatic heterocycles. The molecule has 0 saturated heterocycles. The van der Waals surface area contributed by atoms with Gasteiger partial charge in [-0.3, -0.25) is 0 Å². The van der Waals surface area contributed by atoms with E-state index in [2.05, 4.69) is 17.5 Å². The first-order chi connectivity index (χ1) is 10.6. The molecule has 0 fully saturated rings. The van der Waals surface area contributed by atoms with Gasteiger partial charge in [-0.25, -0.2) is 4.39 Å². The minimum atomic E-state index is -0.217. The molecule has 0 bridgehead atoms. The van der Waals surface area contributed by atoms with E-state index < -0.39 is 0 Å². The minimum absolute atomic E-state index is 0.117. The molecule has 4 heteroatoms. The van der Waals surface area contributed by atoms with E-state index in [1.807, 2.05) is 18.2 Å². The van der Waals surface area contributed by atoms with E-state index in [1.54, 1.807) is 6.07 Å². The fraction of sp³-hybridized carbons (Fsp3) is 0.222. The Hall–Kier alpha value is -1.51. The molecule has 4 rings (SSSR count). The van der Waals surface area contributed by atoms with Crippen LogP contribution in [0.15, 0.2) is 48.6 Å². The van der Waals surface area contributed by atoms with Crippen molar-refractivity contribution in [3.63, 3.8) is 0 Å². The van der Waals surface area contributed by atoms with Crippen LogP contribution in [0.2, 0.25) is 10.0 Å². The predicted molar refractivity (Wildman–Crippen MR) is 89.2 cm³/mol. The molecular weight excluding hydrogens is 320 g/mol. The van der Waals surface area contributed by atoms with E-state index in [-0.39, 0.29) is 11.9 Å². The summed E-state index contributed by atoms with van der Waals surface area (Å²) in [6, 6.07) is 10.6. The lowest BCUT2D eigenvalue weighted by Gasteiger charge is -2.38. The van der Waals surface area contributed by atoms with Gasteiger partial charge in [0, 0.05) is 10.9 Å². The second-order valence-corrected chi connectivity index (χ2v) is 6.72. The fourth-order valence-electron chi connectivity index (χ4n) is 3.62. The zero-order chi connectivity index (χ0) is 15.3. The van der Waals surface area contributed by atoms with Crippen molar-refractivity contribution in [2.24, 2.45) is 5.92 Å². The molecule has 1 aliphatic carbocycles. The Balaban J connectivity index is 1.82. The van der Waals surface area contributed by atoms with Crippen LogP contribution in [0.4, 0.5) is 10.1 Å². The maximum Gasteiger partial charge on any atom is 0.123 e. The molecule has 1 heterocycles. The van der Waals surface area contributed by atoms with Crippen molar-refractivity contribution in [3.8, 4) is 0 Å². The Morgan fingerprint density at radius 2 is 1.86 bits per heavy atom. The molecule has 2 aromatic rings. The van der Waals surface area contributed by atoms with Crippen molar-refractivity contribution in [1.29, 1.82) is 0 Å². The van der Waals surface area contributed by atoms with Crippen LogP contribution in [0.5, 0.6) is 0 Å². The highest BCUT2D eigenvalue weighted by molar-refractivity contribution is 6.36. The Morgan fingerprint density at radius 1 is 1.09 bits per heavy atom. The third-order valence-corrected chi connectivity index (χ3v) is 5.13. The fourth-order valence-corrected chi connectivity index (χ4v) is 4.18. The molecule has 0 unspecified atom stereocenters. The van der Waals surface area contributed by atoms with Crippen molar-refractivity contribution >= 4 is 28.9 Å². The Bertz CT molecular complexity index is 754. The lowest BCUT2D eigenvalue weighted by molar-refractivity contribution is 0.425. The summed E-state index contributed by atoms with van der Waals surface area (Å²) in [6.45, 7) is 0. The lowest BCUT2D eigenvalue weighted by Crippen LogP contribution is -2.29. The molecule has 22 heavy (non-hydrogen) atoms. The zero-order valence-corrected chi connectivity index (χ0v) is 13.2.